The summed E-state index contributed by atoms with van der Waals surface area (Å²) in [4.78, 5) is 71.0. The molecule has 1 rings (SSSR count). The highest BCUT2D eigenvalue weighted by Crippen LogP contribution is 2.02. The van der Waals surface area contributed by atoms with E-state index in [9.17, 15) is 29.4 Å². The van der Waals surface area contributed by atoms with Crippen LogP contribution in [0.2, 0.25) is 0 Å². The Morgan fingerprint density at radius 3 is 0.944 bits per heavy atom. The molecule has 1 saturated heterocycles. The van der Waals surface area contributed by atoms with Gasteiger partial charge in [0.25, 0.3) is 0 Å². The Morgan fingerprint density at radius 1 is 0.528 bits per heavy atom. The molecule has 1 aliphatic heterocycles. The van der Waals surface area contributed by atoms with Crippen molar-refractivity contribution >= 4 is 23.9 Å². The highest BCUT2D eigenvalue weighted by Gasteiger charge is 2.22. The number of rotatable bonds is 10. The number of aliphatic carboxylic acids is 2. The lowest BCUT2D eigenvalue weighted by Gasteiger charge is -2.32. The monoisotopic (exact) mass is 528 g/mol. The van der Waals surface area contributed by atoms with Crippen LogP contribution in [-0.4, -0.2) is 171 Å². The van der Waals surface area contributed by atoms with E-state index in [1.807, 2.05) is 0 Å². The molecule has 212 valence electrons. The Morgan fingerprint density at radius 2 is 0.750 bits per heavy atom. The fourth-order valence-electron chi connectivity index (χ4n) is 3.20. The zero-order chi connectivity index (χ0) is 27.9. The summed E-state index contributed by atoms with van der Waals surface area (Å²) >= 11 is 0. The summed E-state index contributed by atoms with van der Waals surface area (Å²) in [7, 11) is 4.43. The SMILES string of the molecule is CO.CO.COOC(=O)CN1CCN(CC(=O)O)CCN(CC(=O)O)CCN(CC(=O)OOC)CC1. The third-order valence-electron chi connectivity index (χ3n) is 4.71. The standard InChI is InChI=1S/C18H32N4O10.2CH4O/c1-29-31-17(27)13-21-7-5-19(11-15(23)24)3-4-20(12-16(25)26)6-8-22(10-9-21)14-18(28)32-30-2;2*1-2/h3-14H2,1-2H3,(H,23,24)(H,25,26);2*2H,1H3. The molecule has 0 bridgehead atoms. The molecule has 0 aromatic carbocycles. The van der Waals surface area contributed by atoms with Gasteiger partial charge in [-0.05, 0) is 0 Å². The van der Waals surface area contributed by atoms with Crippen LogP contribution in [0.4, 0.5) is 0 Å². The molecule has 0 spiro atoms. The quantitative estimate of drug-likeness (QED) is 0.163. The molecule has 4 N–H and O–H groups in total. The number of carbonyl (C=O) groups excluding carboxylic acids is 2. The van der Waals surface area contributed by atoms with Gasteiger partial charge in [-0.25, -0.2) is 9.59 Å². The van der Waals surface area contributed by atoms with Crippen LogP contribution in [-0.2, 0) is 38.7 Å². The summed E-state index contributed by atoms with van der Waals surface area (Å²) < 4.78 is 0. The van der Waals surface area contributed by atoms with Crippen molar-refractivity contribution in [2.24, 2.45) is 0 Å². The first kappa shape index (κ1) is 35.7. The van der Waals surface area contributed by atoms with Crippen LogP contribution in [0.1, 0.15) is 0 Å². The Labute approximate surface area is 210 Å². The van der Waals surface area contributed by atoms with Gasteiger partial charge in [-0.15, -0.1) is 0 Å². The van der Waals surface area contributed by atoms with Crippen LogP contribution >= 0.6 is 0 Å². The van der Waals surface area contributed by atoms with Gasteiger partial charge < -0.3 is 20.4 Å². The minimum Gasteiger partial charge on any atom is -0.480 e. The second-order valence-electron chi connectivity index (χ2n) is 7.14. The molecule has 1 fully saturated rings. The van der Waals surface area contributed by atoms with E-state index in [0.717, 1.165) is 14.2 Å². The number of carboxylic acid groups (broad SMARTS) is 2. The van der Waals surface area contributed by atoms with Crippen molar-refractivity contribution in [3.8, 4) is 0 Å². The number of hydrogen-bond acceptors (Lipinski definition) is 14. The minimum absolute atomic E-state index is 0.0871. The third-order valence-corrected chi connectivity index (χ3v) is 4.71. The van der Waals surface area contributed by atoms with Crippen LogP contribution in [0.5, 0.6) is 0 Å². The van der Waals surface area contributed by atoms with E-state index < -0.39 is 23.9 Å². The first-order valence-electron chi connectivity index (χ1n) is 10.9. The number of nitrogens with zero attached hydrogens (tertiary/aromatic N) is 4. The Kier molecular flexibility index (Phi) is 22.8. The molecule has 0 aliphatic carbocycles. The Bertz CT molecular complexity index is 574. The smallest absolute Gasteiger partial charge is 0.356 e. The van der Waals surface area contributed by atoms with E-state index in [0.29, 0.717) is 52.4 Å². The molecular weight excluding hydrogens is 488 g/mol. The summed E-state index contributed by atoms with van der Waals surface area (Å²) in [5, 5.41) is 32.4. The Hall–Kier alpha value is -2.44. The molecule has 0 amide bonds. The highest BCUT2D eigenvalue weighted by atomic mass is 17.2. The van der Waals surface area contributed by atoms with Crippen molar-refractivity contribution in [1.82, 2.24) is 19.6 Å². The summed E-state index contributed by atoms with van der Waals surface area (Å²) in [6.07, 6.45) is 0. The number of carboxylic acids is 2. The second-order valence-corrected chi connectivity index (χ2v) is 7.14. The van der Waals surface area contributed by atoms with Gasteiger partial charge >= 0.3 is 23.9 Å². The predicted molar refractivity (Wildman–Crippen MR) is 124 cm³/mol. The van der Waals surface area contributed by atoms with Gasteiger partial charge in [-0.1, -0.05) is 0 Å². The zero-order valence-corrected chi connectivity index (χ0v) is 21.3. The molecule has 0 radical (unpaired) electrons. The van der Waals surface area contributed by atoms with E-state index in [4.69, 9.17) is 10.2 Å². The summed E-state index contributed by atoms with van der Waals surface area (Å²) in [6, 6.07) is 0. The van der Waals surface area contributed by atoms with E-state index in [1.54, 1.807) is 19.6 Å². The van der Waals surface area contributed by atoms with Crippen molar-refractivity contribution in [1.29, 1.82) is 0 Å². The lowest BCUT2D eigenvalue weighted by Crippen LogP contribution is -2.49. The van der Waals surface area contributed by atoms with E-state index in [-0.39, 0.29) is 26.2 Å². The summed E-state index contributed by atoms with van der Waals surface area (Å²) in [5.74, 6) is -3.23. The van der Waals surface area contributed by atoms with Gasteiger partial charge in [0.2, 0.25) is 0 Å². The molecule has 1 heterocycles. The molecular formula is C20H40N4O12. The number of aliphatic hydroxyl groups excluding tert-OH is 2. The van der Waals surface area contributed by atoms with Crippen LogP contribution in [0.3, 0.4) is 0 Å². The van der Waals surface area contributed by atoms with Crippen molar-refractivity contribution in [3.05, 3.63) is 0 Å². The normalized spacial score (nSPS) is 16.6. The van der Waals surface area contributed by atoms with E-state index in [1.165, 1.54) is 14.2 Å². The average Bonchev–Trinajstić information content (AvgIpc) is 2.83. The first-order valence-corrected chi connectivity index (χ1v) is 10.9. The second kappa shape index (κ2) is 23.0. The maximum absolute atomic E-state index is 11.9. The third kappa shape index (κ3) is 18.8. The van der Waals surface area contributed by atoms with Gasteiger partial charge in [0.05, 0.1) is 27.3 Å². The fraction of sp³-hybridized carbons (Fsp3) is 0.800. The van der Waals surface area contributed by atoms with Gasteiger partial charge in [0.15, 0.2) is 0 Å². The molecule has 1 aliphatic rings. The zero-order valence-electron chi connectivity index (χ0n) is 21.3. The number of carbonyl (C=O) groups is 4. The predicted octanol–water partition coefficient (Wildman–Crippen LogP) is -3.20. The van der Waals surface area contributed by atoms with Crippen molar-refractivity contribution in [2.45, 2.75) is 0 Å². The van der Waals surface area contributed by atoms with Crippen LogP contribution < -0.4 is 0 Å². The van der Waals surface area contributed by atoms with Gasteiger partial charge in [0, 0.05) is 66.6 Å². The molecule has 0 saturated carbocycles. The van der Waals surface area contributed by atoms with Crippen molar-refractivity contribution in [3.63, 3.8) is 0 Å². The van der Waals surface area contributed by atoms with Crippen molar-refractivity contribution < 1.29 is 59.2 Å². The van der Waals surface area contributed by atoms with Gasteiger partial charge in [0.1, 0.15) is 13.1 Å². The van der Waals surface area contributed by atoms with Crippen LogP contribution in [0, 0.1) is 0 Å². The summed E-state index contributed by atoms with van der Waals surface area (Å²) in [6.45, 7) is 2.12. The van der Waals surface area contributed by atoms with Crippen molar-refractivity contribution in [2.75, 3.05) is 107 Å². The maximum atomic E-state index is 11.9. The highest BCUT2D eigenvalue weighted by molar-refractivity contribution is 5.71. The molecule has 16 heteroatoms. The average molecular weight is 529 g/mol. The lowest BCUT2D eigenvalue weighted by atomic mass is 10.3. The molecule has 0 atom stereocenters. The molecule has 0 aromatic rings. The molecule has 0 aromatic heterocycles. The number of hydrogen-bond donors (Lipinski definition) is 4. The van der Waals surface area contributed by atoms with Gasteiger partial charge in [-0.2, -0.15) is 9.78 Å². The summed E-state index contributed by atoms with van der Waals surface area (Å²) in [5.41, 5.74) is 0. The largest absolute Gasteiger partial charge is 0.480 e. The molecule has 36 heavy (non-hydrogen) atoms. The number of aliphatic hydroxyl groups is 2. The molecule has 16 nitrogen and oxygen atoms in total. The Balaban J connectivity index is 0. The lowest BCUT2D eigenvalue weighted by molar-refractivity contribution is -0.256. The van der Waals surface area contributed by atoms with Gasteiger partial charge in [-0.3, -0.25) is 39.0 Å². The van der Waals surface area contributed by atoms with E-state index >= 15 is 0 Å². The first-order chi connectivity index (χ1) is 17.2. The minimum atomic E-state index is -1.00. The fourth-order valence-corrected chi connectivity index (χ4v) is 3.20. The topological polar surface area (TPSA) is 199 Å². The van der Waals surface area contributed by atoms with E-state index in [2.05, 4.69) is 19.6 Å². The maximum Gasteiger partial charge on any atom is 0.356 e. The van der Waals surface area contributed by atoms with Crippen LogP contribution in [0.15, 0.2) is 0 Å². The van der Waals surface area contributed by atoms with Crippen LogP contribution in [0.25, 0.3) is 0 Å². The molecule has 0 unspecified atom stereocenters.